The average molecular weight is 427 g/mol. The molecule has 1 aromatic carbocycles. The molecule has 0 unspecified atom stereocenters. The van der Waals surface area contributed by atoms with E-state index in [2.05, 4.69) is 30.2 Å². The van der Waals surface area contributed by atoms with E-state index in [1.165, 1.54) is 18.2 Å². The molecule has 0 spiro atoms. The van der Waals surface area contributed by atoms with Crippen molar-refractivity contribution in [1.82, 2.24) is 20.2 Å². The number of hydrogen-bond donors (Lipinski definition) is 1. The van der Waals surface area contributed by atoms with Crippen LogP contribution in [0.2, 0.25) is 0 Å². The van der Waals surface area contributed by atoms with E-state index in [1.54, 1.807) is 30.9 Å². The smallest absolute Gasteiger partial charge is 0.406 e. The average Bonchev–Trinajstić information content (AvgIpc) is 3.20. The molecule has 0 bridgehead atoms. The Bertz CT molecular complexity index is 1150. The van der Waals surface area contributed by atoms with E-state index in [1.807, 2.05) is 18.2 Å². The molecule has 0 aliphatic rings. The zero-order chi connectivity index (χ0) is 21.7. The second kappa shape index (κ2) is 8.82. The summed E-state index contributed by atoms with van der Waals surface area (Å²) < 4.78 is 46.8. The van der Waals surface area contributed by atoms with Gasteiger partial charge in [0, 0.05) is 36.5 Å². The maximum Gasteiger partial charge on any atom is 0.573 e. The highest BCUT2D eigenvalue weighted by molar-refractivity contribution is 5.60. The summed E-state index contributed by atoms with van der Waals surface area (Å²) in [7, 11) is 0. The normalized spacial score (nSPS) is 11.3. The molecule has 158 valence electrons. The molecule has 0 amide bonds. The lowest BCUT2D eigenvalue weighted by atomic mass is 10.0. The van der Waals surface area contributed by atoms with Gasteiger partial charge in [-0.1, -0.05) is 11.2 Å². The Balaban J connectivity index is 1.49. The molecule has 0 fully saturated rings. The van der Waals surface area contributed by atoms with E-state index in [9.17, 15) is 13.2 Å². The standard InChI is InChI=1S/C21H16F3N5O2/c22-21(23,24)31-17-3-1-2-16(12-17)27-20-29-28-19(30-20)18-13-26-11-8-15(18)5-4-14-6-9-25-10-7-14/h1-3,6-13H,4-5H2,(H,27,29). The monoisotopic (exact) mass is 427 g/mol. The minimum absolute atomic E-state index is 0.0306. The number of aromatic nitrogens is 4. The van der Waals surface area contributed by atoms with Crippen molar-refractivity contribution in [3.63, 3.8) is 0 Å². The third-order valence-corrected chi connectivity index (χ3v) is 4.32. The first-order valence-corrected chi connectivity index (χ1v) is 9.25. The number of aryl methyl sites for hydroxylation is 2. The summed E-state index contributed by atoms with van der Waals surface area (Å²) in [5.74, 6) is -0.106. The maximum atomic E-state index is 12.4. The molecule has 0 aliphatic carbocycles. The van der Waals surface area contributed by atoms with E-state index in [0.29, 0.717) is 11.3 Å². The first-order chi connectivity index (χ1) is 15.0. The van der Waals surface area contributed by atoms with Gasteiger partial charge in [-0.15, -0.1) is 18.3 Å². The van der Waals surface area contributed by atoms with Crippen LogP contribution in [0.25, 0.3) is 11.5 Å². The zero-order valence-electron chi connectivity index (χ0n) is 16.0. The zero-order valence-corrected chi connectivity index (χ0v) is 16.0. The molecule has 4 rings (SSSR count). The molecule has 0 saturated heterocycles. The number of hydrogen-bond acceptors (Lipinski definition) is 7. The molecule has 1 N–H and O–H groups in total. The summed E-state index contributed by atoms with van der Waals surface area (Å²) in [6.45, 7) is 0. The van der Waals surface area contributed by atoms with Gasteiger partial charge in [-0.05, 0) is 54.3 Å². The molecule has 3 aromatic heterocycles. The van der Waals surface area contributed by atoms with Gasteiger partial charge in [-0.2, -0.15) is 0 Å². The first-order valence-electron chi connectivity index (χ1n) is 9.25. The Morgan fingerprint density at radius 3 is 2.55 bits per heavy atom. The van der Waals surface area contributed by atoms with Gasteiger partial charge in [0.1, 0.15) is 5.75 Å². The fourth-order valence-electron chi connectivity index (χ4n) is 2.94. The van der Waals surface area contributed by atoms with E-state index < -0.39 is 6.36 Å². The third kappa shape index (κ3) is 5.56. The van der Waals surface area contributed by atoms with Crippen LogP contribution in [0.1, 0.15) is 11.1 Å². The highest BCUT2D eigenvalue weighted by atomic mass is 19.4. The Labute approximate surface area is 174 Å². The largest absolute Gasteiger partial charge is 0.573 e. The molecule has 0 atom stereocenters. The van der Waals surface area contributed by atoms with Crippen molar-refractivity contribution in [3.05, 3.63) is 78.4 Å². The molecule has 10 heteroatoms. The SMILES string of the molecule is FC(F)(F)Oc1cccc(Nc2nnc(-c3cnccc3CCc3ccncc3)o2)c1. The molecule has 4 aromatic rings. The lowest BCUT2D eigenvalue weighted by molar-refractivity contribution is -0.274. The van der Waals surface area contributed by atoms with Crippen molar-refractivity contribution >= 4 is 11.7 Å². The third-order valence-electron chi connectivity index (χ3n) is 4.32. The van der Waals surface area contributed by atoms with E-state index in [-0.39, 0.29) is 17.7 Å². The van der Waals surface area contributed by atoms with Crippen LogP contribution in [0, 0.1) is 0 Å². The van der Waals surface area contributed by atoms with Gasteiger partial charge in [0.15, 0.2) is 0 Å². The van der Waals surface area contributed by atoms with Crippen LogP contribution in [0.5, 0.6) is 5.75 Å². The summed E-state index contributed by atoms with van der Waals surface area (Å²) in [5, 5.41) is 10.7. The van der Waals surface area contributed by atoms with Crippen molar-refractivity contribution in [3.8, 4) is 17.2 Å². The molecule has 3 heterocycles. The summed E-state index contributed by atoms with van der Waals surface area (Å²) in [5.41, 5.74) is 3.11. The van der Waals surface area contributed by atoms with Crippen LogP contribution in [0.4, 0.5) is 24.9 Å². The Kier molecular flexibility index (Phi) is 5.78. The van der Waals surface area contributed by atoms with Gasteiger partial charge < -0.3 is 14.5 Å². The summed E-state index contributed by atoms with van der Waals surface area (Å²) in [6.07, 6.45) is 3.56. The van der Waals surface area contributed by atoms with Crippen molar-refractivity contribution in [2.24, 2.45) is 0 Å². The van der Waals surface area contributed by atoms with Gasteiger partial charge >= 0.3 is 12.4 Å². The molecule has 7 nitrogen and oxygen atoms in total. The van der Waals surface area contributed by atoms with Gasteiger partial charge in [0.05, 0.1) is 5.56 Å². The lowest BCUT2D eigenvalue weighted by Crippen LogP contribution is -2.17. The summed E-state index contributed by atoms with van der Waals surface area (Å²) >= 11 is 0. The molecule has 31 heavy (non-hydrogen) atoms. The number of nitrogens with one attached hydrogen (secondary N) is 1. The van der Waals surface area contributed by atoms with Crippen LogP contribution < -0.4 is 10.1 Å². The predicted molar refractivity (Wildman–Crippen MR) is 106 cm³/mol. The van der Waals surface area contributed by atoms with E-state index >= 15 is 0 Å². The van der Waals surface area contributed by atoms with Gasteiger partial charge in [-0.3, -0.25) is 9.97 Å². The number of anilines is 2. The molecular weight excluding hydrogens is 411 g/mol. The molecule has 0 saturated carbocycles. The van der Waals surface area contributed by atoms with E-state index in [0.717, 1.165) is 24.0 Å². The van der Waals surface area contributed by atoms with Crippen molar-refractivity contribution in [2.75, 3.05) is 5.32 Å². The molecular formula is C21H16F3N5O2. The number of rotatable bonds is 7. The van der Waals surface area contributed by atoms with E-state index in [4.69, 9.17) is 4.42 Å². The fourth-order valence-corrected chi connectivity index (χ4v) is 2.94. The number of pyridine rings is 2. The van der Waals surface area contributed by atoms with Gasteiger partial charge in [-0.25, -0.2) is 0 Å². The number of alkyl halides is 3. The predicted octanol–water partition coefficient (Wildman–Crippen LogP) is 4.95. The lowest BCUT2D eigenvalue weighted by Gasteiger charge is -2.09. The number of ether oxygens (including phenoxy) is 1. The topological polar surface area (TPSA) is 86.0 Å². The molecule has 0 radical (unpaired) electrons. The highest BCUT2D eigenvalue weighted by Crippen LogP contribution is 2.28. The van der Waals surface area contributed by atoms with Gasteiger partial charge in [0.25, 0.3) is 5.89 Å². The van der Waals surface area contributed by atoms with Crippen molar-refractivity contribution in [2.45, 2.75) is 19.2 Å². The van der Waals surface area contributed by atoms with Crippen LogP contribution in [-0.4, -0.2) is 26.5 Å². The number of benzene rings is 1. The van der Waals surface area contributed by atoms with Crippen molar-refractivity contribution in [1.29, 1.82) is 0 Å². The van der Waals surface area contributed by atoms with Crippen LogP contribution >= 0.6 is 0 Å². The van der Waals surface area contributed by atoms with Crippen LogP contribution in [-0.2, 0) is 12.8 Å². The molecule has 0 aliphatic heterocycles. The van der Waals surface area contributed by atoms with Gasteiger partial charge in [0.2, 0.25) is 0 Å². The Morgan fingerprint density at radius 1 is 0.935 bits per heavy atom. The fraction of sp³-hybridized carbons (Fsp3) is 0.143. The highest BCUT2D eigenvalue weighted by Gasteiger charge is 2.31. The second-order valence-electron chi connectivity index (χ2n) is 6.50. The minimum atomic E-state index is -4.77. The van der Waals surface area contributed by atoms with Crippen LogP contribution in [0.15, 0.2) is 71.7 Å². The van der Waals surface area contributed by atoms with Crippen molar-refractivity contribution < 1.29 is 22.3 Å². The summed E-state index contributed by atoms with van der Waals surface area (Å²) in [4.78, 5) is 8.15. The number of halogens is 3. The summed E-state index contributed by atoms with van der Waals surface area (Å²) in [6, 6.07) is 11.2. The number of nitrogens with zero attached hydrogens (tertiary/aromatic N) is 4. The quantitative estimate of drug-likeness (QED) is 0.446. The first kappa shape index (κ1) is 20.3. The maximum absolute atomic E-state index is 12.4. The minimum Gasteiger partial charge on any atom is -0.406 e. The van der Waals surface area contributed by atoms with Crippen LogP contribution in [0.3, 0.4) is 0 Å². The second-order valence-corrected chi connectivity index (χ2v) is 6.50. The Morgan fingerprint density at radius 2 is 1.74 bits per heavy atom. The Hall–Kier alpha value is -3.95.